The SMILES string of the molecule is CC1(C)c2cc(-c3ccc(-n4c5ccccc5c5ccccc54)cc3)ccc2-c2cc3oc4ccccc4c3cc2C1(C)C.CC1(C)c2cc(-c3nc(-c4ccccc4)nc(-c4cccc5oc6ccccc6c45)n3)ccc2-c2ccc3c(oc4ccccc43)c2C1(C)C.CC1(C)c2cc(N(c3ccccc3)c3ccc4sc5ccccc5c4c3)ccc2-c2cc3c(cc2C1(C)C)oc1ccccc13. The highest BCUT2D eigenvalue weighted by molar-refractivity contribution is 7.25. The zero-order valence-corrected chi connectivity index (χ0v) is 80.5. The van der Waals surface area contributed by atoms with Crippen LogP contribution >= 0.6 is 11.3 Å². The second kappa shape index (κ2) is 30.7. The number of rotatable bonds is 8. The van der Waals surface area contributed by atoms with Crippen LogP contribution in [-0.4, -0.2) is 19.5 Å². The predicted octanol–water partition coefficient (Wildman–Crippen LogP) is 36.2. The van der Waals surface area contributed by atoms with E-state index in [2.05, 4.69) is 396 Å². The molecule has 139 heavy (non-hydrogen) atoms. The van der Waals surface area contributed by atoms with Gasteiger partial charge in [-0.25, -0.2) is 15.0 Å². The van der Waals surface area contributed by atoms with E-state index in [9.17, 15) is 0 Å². The monoisotopic (exact) mass is 1810 g/mol. The van der Waals surface area contributed by atoms with Crippen LogP contribution in [0, 0.1) is 0 Å². The fraction of sp³-hybridized carbons (Fsp3) is 0.140. The maximum Gasteiger partial charge on any atom is 0.164 e. The molecule has 0 bridgehead atoms. The second-order valence-corrected chi connectivity index (χ2v) is 42.3. The molecule has 10 heteroatoms. The van der Waals surface area contributed by atoms with Crippen LogP contribution in [0.2, 0.25) is 0 Å². The lowest BCUT2D eigenvalue weighted by Gasteiger charge is -2.48. The average molecular weight is 1820 g/mol. The lowest BCUT2D eigenvalue weighted by atomic mass is 9.55. The van der Waals surface area contributed by atoms with Gasteiger partial charge in [-0.15, -0.1) is 11.3 Å². The van der Waals surface area contributed by atoms with Crippen LogP contribution in [0.15, 0.2) is 400 Å². The van der Waals surface area contributed by atoms with E-state index in [0.29, 0.717) is 17.5 Å². The number of furan rings is 4. The molecule has 25 aromatic rings. The van der Waals surface area contributed by atoms with Gasteiger partial charge in [0.25, 0.3) is 0 Å². The van der Waals surface area contributed by atoms with Crippen molar-refractivity contribution in [2.24, 2.45) is 0 Å². The van der Waals surface area contributed by atoms with Gasteiger partial charge in [0.05, 0.1) is 11.0 Å². The van der Waals surface area contributed by atoms with Gasteiger partial charge in [-0.3, -0.25) is 0 Å². The minimum Gasteiger partial charge on any atom is -0.456 e. The summed E-state index contributed by atoms with van der Waals surface area (Å²) >= 11 is 1.86. The average Bonchev–Trinajstić information content (AvgIpc) is 1.69. The zero-order valence-electron chi connectivity index (χ0n) is 79.7. The summed E-state index contributed by atoms with van der Waals surface area (Å²) < 4.78 is 30.6. The van der Waals surface area contributed by atoms with Crippen molar-refractivity contribution in [1.82, 2.24) is 19.5 Å². The molecule has 0 N–H and O–H groups in total. The van der Waals surface area contributed by atoms with Gasteiger partial charge in [0, 0.05) is 124 Å². The number of nitrogens with zero attached hydrogens (tertiary/aromatic N) is 5. The Morgan fingerprint density at radius 1 is 0.230 bits per heavy atom. The summed E-state index contributed by atoms with van der Waals surface area (Å²) in [4.78, 5) is 17.8. The molecule has 0 amide bonds. The van der Waals surface area contributed by atoms with Gasteiger partial charge in [-0.2, -0.15) is 0 Å². The molecule has 0 saturated heterocycles. The molecule has 0 unspecified atom stereocenters. The normalized spacial score (nSPS) is 15.0. The lowest BCUT2D eigenvalue weighted by molar-refractivity contribution is 0.299. The molecule has 28 rings (SSSR count). The van der Waals surface area contributed by atoms with E-state index in [1.54, 1.807) is 0 Å². The van der Waals surface area contributed by atoms with Crippen LogP contribution < -0.4 is 4.90 Å². The Labute approximate surface area is 810 Å². The Hall–Kier alpha value is -16.0. The quantitative estimate of drug-likeness (QED) is 0.148. The molecule has 7 heterocycles. The molecule has 0 fully saturated rings. The molecule has 0 atom stereocenters. The smallest absolute Gasteiger partial charge is 0.164 e. The highest BCUT2D eigenvalue weighted by Crippen LogP contribution is 2.61. The van der Waals surface area contributed by atoms with E-state index in [1.165, 1.54) is 153 Å². The van der Waals surface area contributed by atoms with Gasteiger partial charge in [0.15, 0.2) is 17.5 Å². The number of benzene rings is 18. The Morgan fingerprint density at radius 2 is 0.662 bits per heavy atom. The third kappa shape index (κ3) is 12.6. The number of para-hydroxylation sites is 7. The lowest BCUT2D eigenvalue weighted by Crippen LogP contribution is -2.43. The Balaban J connectivity index is 0.000000108. The Kier molecular flexibility index (Phi) is 18.5. The van der Waals surface area contributed by atoms with Crippen molar-refractivity contribution in [3.63, 3.8) is 0 Å². The number of aromatic nitrogens is 4. The molecule has 670 valence electrons. The number of hydrogen-bond acceptors (Lipinski definition) is 9. The Morgan fingerprint density at radius 3 is 1.32 bits per heavy atom. The fourth-order valence-electron chi connectivity index (χ4n) is 23.2. The maximum absolute atomic E-state index is 6.62. The number of thiophene rings is 1. The van der Waals surface area contributed by atoms with Crippen LogP contribution in [0.25, 0.3) is 214 Å². The molecule has 7 aromatic heterocycles. The molecule has 0 saturated carbocycles. The highest BCUT2D eigenvalue weighted by Gasteiger charge is 2.51. The van der Waals surface area contributed by atoms with Gasteiger partial charge in [0.1, 0.15) is 44.7 Å². The third-order valence-electron chi connectivity index (χ3n) is 32.7. The van der Waals surface area contributed by atoms with Crippen LogP contribution in [0.1, 0.15) is 116 Å². The van der Waals surface area contributed by atoms with Gasteiger partial charge in [-0.05, 0) is 245 Å². The van der Waals surface area contributed by atoms with Crippen LogP contribution in [0.4, 0.5) is 17.1 Å². The van der Waals surface area contributed by atoms with Crippen molar-refractivity contribution >= 4 is 158 Å². The standard InChI is InChI=1S/C45H33N3O2.C42H33NOS.C42H33NO/c1-44(2)34-25-27(21-22-28(34)30-23-24-31-29-15-8-10-18-35(29)50-40(31)39(30)45(44,3)4)42-46-41(26-13-6-5-7-14-26)47-43(48-42)33-17-12-20-37-38(33)32-16-9-11-19-36(32)49-37;1-41(2)35-23-28(18-20-29(35)32-24-33-30-14-8-10-16-37(30)44-38(33)25-36(32)42(41,3)4)43(26-12-6-5-7-13-26)27-19-21-40-34(22-27)31-15-9-11-17-39(31)45-40;1-41(2)35-23-27(26-17-20-28(21-18-26)43-37-14-8-5-11-30(37)31-12-6-9-15-38(31)43)19-22-29(35)33-25-40-34(24-36(33)42(41,3)4)32-13-7-10-16-39(32)44-40/h5-25H,1-4H3;5-25H,1-4H3;5-25H,1-4H3. The first kappa shape index (κ1) is 83.6. The van der Waals surface area contributed by atoms with E-state index in [1.807, 2.05) is 90.2 Å². The van der Waals surface area contributed by atoms with Gasteiger partial charge in [-0.1, -0.05) is 320 Å². The third-order valence-corrected chi connectivity index (χ3v) is 33.8. The first-order valence-corrected chi connectivity index (χ1v) is 49.1. The number of fused-ring (bicyclic) bond motifs is 28. The van der Waals surface area contributed by atoms with Crippen LogP contribution in [0.5, 0.6) is 0 Å². The predicted molar refractivity (Wildman–Crippen MR) is 580 cm³/mol. The molecular weight excluding hydrogens is 1720 g/mol. The van der Waals surface area contributed by atoms with E-state index >= 15 is 0 Å². The van der Waals surface area contributed by atoms with E-state index < -0.39 is 0 Å². The molecule has 3 aliphatic carbocycles. The summed E-state index contributed by atoms with van der Waals surface area (Å²) in [6.45, 7) is 28.6. The number of anilines is 3. The van der Waals surface area contributed by atoms with Crippen molar-refractivity contribution in [2.45, 2.75) is 116 Å². The molecule has 0 aliphatic heterocycles. The summed E-state index contributed by atoms with van der Waals surface area (Å²) in [5.41, 5.74) is 34.4. The summed E-state index contributed by atoms with van der Waals surface area (Å²) in [5, 5.41) is 14.3. The van der Waals surface area contributed by atoms with Gasteiger partial charge >= 0.3 is 0 Å². The van der Waals surface area contributed by atoms with E-state index in [0.717, 1.165) is 94.3 Å². The molecule has 0 radical (unpaired) electrons. The Bertz CT molecular complexity index is 9360. The van der Waals surface area contributed by atoms with Crippen LogP contribution in [0.3, 0.4) is 0 Å². The summed E-state index contributed by atoms with van der Waals surface area (Å²) in [7, 11) is 0. The van der Waals surface area contributed by atoms with E-state index in [4.69, 9.17) is 32.6 Å². The molecular formula is C129H99N5O4S. The van der Waals surface area contributed by atoms with Gasteiger partial charge in [0.2, 0.25) is 0 Å². The van der Waals surface area contributed by atoms with Crippen molar-refractivity contribution in [3.05, 3.63) is 416 Å². The molecule has 3 aliphatic rings. The van der Waals surface area contributed by atoms with Gasteiger partial charge < -0.3 is 27.1 Å². The molecule has 18 aromatic carbocycles. The largest absolute Gasteiger partial charge is 0.456 e. The first-order valence-electron chi connectivity index (χ1n) is 48.3. The number of hydrogen-bond donors (Lipinski definition) is 0. The fourth-order valence-corrected chi connectivity index (χ4v) is 24.3. The van der Waals surface area contributed by atoms with E-state index in [-0.39, 0.29) is 32.5 Å². The first-order chi connectivity index (χ1) is 67.4. The van der Waals surface area contributed by atoms with Crippen LogP contribution in [-0.2, 0) is 32.5 Å². The van der Waals surface area contributed by atoms with Crippen molar-refractivity contribution < 1.29 is 17.7 Å². The van der Waals surface area contributed by atoms with Crippen molar-refractivity contribution in [2.75, 3.05) is 4.90 Å². The highest BCUT2D eigenvalue weighted by atomic mass is 32.1. The zero-order chi connectivity index (χ0) is 94.1. The summed E-state index contributed by atoms with van der Waals surface area (Å²) in [6, 6.07) is 137. The molecule has 0 spiro atoms. The summed E-state index contributed by atoms with van der Waals surface area (Å²) in [6.07, 6.45) is 0. The topological polar surface area (TPSA) is 99.4 Å². The van der Waals surface area contributed by atoms with Crippen molar-refractivity contribution in [1.29, 1.82) is 0 Å². The van der Waals surface area contributed by atoms with Crippen molar-refractivity contribution in [3.8, 4) is 84.4 Å². The second-order valence-electron chi connectivity index (χ2n) is 41.3. The summed E-state index contributed by atoms with van der Waals surface area (Å²) in [5.74, 6) is 1.87. The minimum absolute atomic E-state index is 0.0819. The minimum atomic E-state index is -0.252. The molecule has 9 nitrogen and oxygen atoms in total. The maximum atomic E-state index is 6.62.